The normalized spacial score (nSPS) is 31.3. The number of esters is 1. The van der Waals surface area contributed by atoms with E-state index >= 15 is 0 Å². The van der Waals surface area contributed by atoms with Gasteiger partial charge in [-0.2, -0.15) is 0 Å². The average molecular weight is 618 g/mol. The third-order valence-electron chi connectivity index (χ3n) is 9.84. The van der Waals surface area contributed by atoms with E-state index in [1.165, 1.54) is 5.01 Å². The summed E-state index contributed by atoms with van der Waals surface area (Å²) in [7, 11) is 1.76. The second kappa shape index (κ2) is 13.3. The highest BCUT2D eigenvalue weighted by atomic mass is 16.5. The number of carbonyl (C=O) groups is 4. The van der Waals surface area contributed by atoms with Crippen LogP contribution >= 0.6 is 0 Å². The van der Waals surface area contributed by atoms with Gasteiger partial charge < -0.3 is 15.0 Å². The van der Waals surface area contributed by atoms with Gasteiger partial charge in [-0.3, -0.25) is 29.2 Å². The Bertz CT molecular complexity index is 1480. The number of nitrogens with one attached hydrogen (secondary N) is 2. The first-order valence-electron chi connectivity index (χ1n) is 16.3. The fourth-order valence-electron chi connectivity index (χ4n) is 6.53. The lowest BCUT2D eigenvalue weighted by Gasteiger charge is -2.38. The number of aromatic nitrogens is 1. The van der Waals surface area contributed by atoms with Crippen LogP contribution in [-0.4, -0.2) is 70.4 Å². The van der Waals surface area contributed by atoms with Gasteiger partial charge in [-0.25, -0.2) is 5.43 Å². The van der Waals surface area contributed by atoms with Crippen molar-refractivity contribution < 1.29 is 23.9 Å². The van der Waals surface area contributed by atoms with Crippen LogP contribution in [0.5, 0.6) is 0 Å². The summed E-state index contributed by atoms with van der Waals surface area (Å²) in [6, 6.07) is 8.16. The fraction of sp³-hybridized carbons (Fsp3) is 0.571. The Labute approximate surface area is 265 Å². The number of likely N-dealkylation sites (N-methyl/N-ethyl adjacent to an activating group) is 1. The van der Waals surface area contributed by atoms with Crippen molar-refractivity contribution in [3.63, 3.8) is 0 Å². The number of ether oxygens (including phenoxy) is 1. The van der Waals surface area contributed by atoms with E-state index in [2.05, 4.69) is 17.7 Å². The van der Waals surface area contributed by atoms with Gasteiger partial charge in [-0.1, -0.05) is 51.1 Å². The number of fused-ring (bicyclic) bond motifs is 4. The van der Waals surface area contributed by atoms with Gasteiger partial charge in [0.2, 0.25) is 5.91 Å². The number of pyridine rings is 1. The predicted molar refractivity (Wildman–Crippen MR) is 172 cm³/mol. The van der Waals surface area contributed by atoms with Crippen molar-refractivity contribution >= 4 is 40.7 Å². The first-order valence-corrected chi connectivity index (χ1v) is 16.3. The van der Waals surface area contributed by atoms with E-state index in [9.17, 15) is 19.2 Å². The van der Waals surface area contributed by atoms with Crippen molar-refractivity contribution in [2.24, 2.45) is 17.3 Å². The number of cyclic esters (lactones) is 1. The number of amides is 3. The third-order valence-corrected chi connectivity index (χ3v) is 9.84. The monoisotopic (exact) mass is 617 g/mol. The summed E-state index contributed by atoms with van der Waals surface area (Å²) in [5, 5.41) is 5.18. The number of hydrazine groups is 1. The molecule has 45 heavy (non-hydrogen) atoms. The number of carbonyl (C=O) groups excluding carboxylic acids is 4. The SMILES string of the molecule is CC1CCC2(/C=C/c3ccc4ccc(nc4c3)[C@@H](C)N(C)C(=O)[C@@H]3CCCN(N3)C(=O)[C@H](C)NC(=O)[C@H](C(C)C)OC2=O)CC1. The summed E-state index contributed by atoms with van der Waals surface area (Å²) >= 11 is 0. The van der Waals surface area contributed by atoms with Crippen LogP contribution in [0.4, 0.5) is 0 Å². The van der Waals surface area contributed by atoms with Gasteiger partial charge in [0.05, 0.1) is 22.7 Å². The van der Waals surface area contributed by atoms with Crippen molar-refractivity contribution in [3.05, 3.63) is 47.7 Å². The molecule has 0 unspecified atom stereocenters. The quantitative estimate of drug-likeness (QED) is 0.451. The molecule has 2 N–H and O–H groups in total. The smallest absolute Gasteiger partial charge is 0.316 e. The first-order chi connectivity index (χ1) is 21.4. The van der Waals surface area contributed by atoms with E-state index in [0.717, 1.165) is 35.0 Å². The second-order valence-electron chi connectivity index (χ2n) is 13.6. The molecule has 2 aliphatic heterocycles. The second-order valence-corrected chi connectivity index (χ2v) is 13.6. The summed E-state index contributed by atoms with van der Waals surface area (Å²) in [4.78, 5) is 61.2. The van der Waals surface area contributed by atoms with Gasteiger partial charge >= 0.3 is 5.97 Å². The Morgan fingerprint density at radius 2 is 1.69 bits per heavy atom. The van der Waals surface area contributed by atoms with Crippen molar-refractivity contribution in [1.82, 2.24) is 25.6 Å². The van der Waals surface area contributed by atoms with E-state index in [1.54, 1.807) is 18.9 Å². The highest BCUT2D eigenvalue weighted by Crippen LogP contribution is 2.42. The molecule has 5 rings (SSSR count). The molecule has 1 saturated carbocycles. The molecule has 2 aromatic rings. The maximum atomic E-state index is 14.0. The zero-order valence-corrected chi connectivity index (χ0v) is 27.3. The Balaban J connectivity index is 1.55. The van der Waals surface area contributed by atoms with Crippen molar-refractivity contribution in [3.8, 4) is 0 Å². The zero-order chi connectivity index (χ0) is 32.5. The molecular weight excluding hydrogens is 570 g/mol. The van der Waals surface area contributed by atoms with Gasteiger partial charge in [-0.15, -0.1) is 0 Å². The lowest BCUT2D eigenvalue weighted by molar-refractivity contribution is -0.168. The summed E-state index contributed by atoms with van der Waals surface area (Å²) in [6.45, 7) is 9.81. The van der Waals surface area contributed by atoms with E-state index in [1.807, 2.05) is 63.3 Å². The fourth-order valence-corrected chi connectivity index (χ4v) is 6.53. The van der Waals surface area contributed by atoms with Crippen molar-refractivity contribution in [2.45, 2.75) is 97.4 Å². The van der Waals surface area contributed by atoms with E-state index in [4.69, 9.17) is 9.72 Å². The maximum Gasteiger partial charge on any atom is 0.316 e. The minimum Gasteiger partial charge on any atom is -0.451 e. The molecular formula is C35H47N5O5. The van der Waals surface area contributed by atoms with Crippen molar-refractivity contribution in [2.75, 3.05) is 13.6 Å². The highest BCUT2D eigenvalue weighted by molar-refractivity contribution is 5.92. The molecule has 3 aliphatic rings. The molecule has 10 nitrogen and oxygen atoms in total. The molecule has 1 spiro atoms. The number of benzene rings is 1. The maximum absolute atomic E-state index is 14.0. The van der Waals surface area contributed by atoms with E-state index in [0.29, 0.717) is 38.1 Å². The lowest BCUT2D eigenvalue weighted by Crippen LogP contribution is -2.61. The number of hydrogen-bond acceptors (Lipinski definition) is 7. The van der Waals surface area contributed by atoms with Crippen molar-refractivity contribution in [1.29, 1.82) is 0 Å². The minimum absolute atomic E-state index is 0.139. The minimum atomic E-state index is -1.06. The number of hydrogen-bond donors (Lipinski definition) is 2. The van der Waals surface area contributed by atoms with Crippen LogP contribution in [0.1, 0.15) is 90.4 Å². The van der Waals surface area contributed by atoms with Crippen LogP contribution in [0.25, 0.3) is 17.0 Å². The van der Waals surface area contributed by atoms with Crippen LogP contribution in [0.2, 0.25) is 0 Å². The Morgan fingerprint density at radius 1 is 0.978 bits per heavy atom. The van der Waals surface area contributed by atoms with E-state index < -0.39 is 35.5 Å². The largest absolute Gasteiger partial charge is 0.451 e. The molecule has 1 aromatic carbocycles. The summed E-state index contributed by atoms with van der Waals surface area (Å²) in [6.07, 6.45) is 7.06. The Kier molecular flexibility index (Phi) is 9.63. The molecule has 2 fully saturated rings. The molecule has 1 saturated heterocycles. The lowest BCUT2D eigenvalue weighted by atomic mass is 9.70. The summed E-state index contributed by atoms with van der Waals surface area (Å²) in [5.41, 5.74) is 4.69. The Hall–Kier alpha value is -3.79. The number of rotatable bonds is 1. The third kappa shape index (κ3) is 6.90. The van der Waals surface area contributed by atoms with Gasteiger partial charge in [0.1, 0.15) is 12.1 Å². The topological polar surface area (TPSA) is 121 Å². The average Bonchev–Trinajstić information content (AvgIpc) is 3.04. The molecule has 3 amide bonds. The standard InChI is InChI=1S/C35H47N5O5/c1-21(2)30-31(41)36-23(4)32(42)40-19-7-8-28(38-40)33(43)39(6)24(5)27-12-11-26-10-9-25(20-29(26)37-27)15-18-35(34(44)45-30)16-13-22(3)14-17-35/h9-12,15,18,20-24,28,30,38H,7-8,13-14,16-17,19H2,1-6H3,(H,36,41)/b18-15+/t22?,23-,24+,28-,30-,35?/m0/s1. The van der Waals surface area contributed by atoms with Gasteiger partial charge in [-0.05, 0) is 81.9 Å². The van der Waals surface area contributed by atoms with Gasteiger partial charge in [0, 0.05) is 19.0 Å². The molecule has 1 aromatic heterocycles. The molecule has 1 aliphatic carbocycles. The molecule has 10 heteroatoms. The molecule has 242 valence electrons. The van der Waals surface area contributed by atoms with E-state index in [-0.39, 0.29) is 23.8 Å². The van der Waals surface area contributed by atoms with Crippen LogP contribution in [-0.2, 0) is 23.9 Å². The van der Waals surface area contributed by atoms with Gasteiger partial charge in [0.25, 0.3) is 11.8 Å². The molecule has 3 heterocycles. The Morgan fingerprint density at radius 3 is 2.40 bits per heavy atom. The zero-order valence-electron chi connectivity index (χ0n) is 27.3. The molecule has 0 radical (unpaired) electrons. The van der Waals surface area contributed by atoms with Crippen LogP contribution in [0.3, 0.4) is 0 Å². The predicted octanol–water partition coefficient (Wildman–Crippen LogP) is 4.55. The highest BCUT2D eigenvalue weighted by Gasteiger charge is 2.43. The molecule has 5 bridgehead atoms. The van der Waals surface area contributed by atoms with Crippen LogP contribution in [0, 0.1) is 17.3 Å². The summed E-state index contributed by atoms with van der Waals surface area (Å²) < 4.78 is 6.03. The molecule has 4 atom stereocenters. The number of nitrogens with zero attached hydrogens (tertiary/aromatic N) is 3. The van der Waals surface area contributed by atoms with Crippen LogP contribution < -0.4 is 10.7 Å². The van der Waals surface area contributed by atoms with Gasteiger partial charge in [0.15, 0.2) is 6.10 Å². The van der Waals surface area contributed by atoms with Crippen LogP contribution in [0.15, 0.2) is 36.4 Å². The first kappa shape index (κ1) is 32.6. The summed E-state index contributed by atoms with van der Waals surface area (Å²) in [5.74, 6) is -1.24.